The number of H-pyrrole nitrogens is 1. The van der Waals surface area contributed by atoms with Gasteiger partial charge in [-0.15, -0.1) is 0 Å². The fraction of sp³-hybridized carbons (Fsp3) is 0.357. The van der Waals surface area contributed by atoms with Gasteiger partial charge in [0, 0.05) is 25.0 Å². The number of nitrogens with one attached hydrogen (secondary N) is 1. The van der Waals surface area contributed by atoms with Crippen LogP contribution in [0.5, 0.6) is 0 Å². The Kier molecular flexibility index (Phi) is 2.92. The molecule has 0 radical (unpaired) electrons. The Bertz CT molecular complexity index is 537. The van der Waals surface area contributed by atoms with Crippen LogP contribution in [0, 0.1) is 0 Å². The zero-order chi connectivity index (χ0) is 12.4. The van der Waals surface area contributed by atoms with Crippen molar-refractivity contribution in [2.24, 2.45) is 0 Å². The summed E-state index contributed by atoms with van der Waals surface area (Å²) in [5.41, 5.74) is 1.85. The quantitative estimate of drug-likeness (QED) is 0.879. The van der Waals surface area contributed by atoms with Crippen molar-refractivity contribution in [1.82, 2.24) is 15.0 Å². The van der Waals surface area contributed by atoms with Crippen LogP contribution in [0.4, 0.5) is 0 Å². The number of rotatable bonds is 2. The van der Waals surface area contributed by atoms with E-state index >= 15 is 0 Å². The van der Waals surface area contributed by atoms with E-state index in [4.69, 9.17) is 0 Å². The molecule has 0 spiro atoms. The van der Waals surface area contributed by atoms with Crippen LogP contribution in [-0.2, 0) is 4.79 Å². The fourth-order valence-corrected chi connectivity index (χ4v) is 2.41. The lowest BCUT2D eigenvalue weighted by atomic mass is 9.88. The zero-order valence-electron chi connectivity index (χ0n) is 10.1. The molecule has 0 aliphatic heterocycles. The highest BCUT2D eigenvalue weighted by molar-refractivity contribution is 5.79. The predicted octanol–water partition coefficient (Wildman–Crippen LogP) is 2.70. The first-order valence-electron chi connectivity index (χ1n) is 6.31. The van der Waals surface area contributed by atoms with Crippen LogP contribution < -0.4 is 0 Å². The molecule has 0 saturated heterocycles. The highest BCUT2D eigenvalue weighted by atomic mass is 16.1. The van der Waals surface area contributed by atoms with Gasteiger partial charge in [0.1, 0.15) is 11.6 Å². The number of pyridine rings is 1. The van der Waals surface area contributed by atoms with Crippen LogP contribution in [0.3, 0.4) is 0 Å². The van der Waals surface area contributed by atoms with Gasteiger partial charge in [0.2, 0.25) is 0 Å². The molecular formula is C14H15N3O. The van der Waals surface area contributed by atoms with Gasteiger partial charge in [-0.25, -0.2) is 4.98 Å². The van der Waals surface area contributed by atoms with Crippen molar-refractivity contribution >= 4 is 5.78 Å². The molecule has 4 nitrogen and oxygen atoms in total. The Balaban J connectivity index is 1.80. The van der Waals surface area contributed by atoms with Gasteiger partial charge in [-0.05, 0) is 25.0 Å². The zero-order valence-corrected chi connectivity index (χ0v) is 10.1. The molecule has 3 rings (SSSR count). The van der Waals surface area contributed by atoms with Crippen LogP contribution >= 0.6 is 0 Å². The molecule has 2 aromatic heterocycles. The summed E-state index contributed by atoms with van der Waals surface area (Å²) >= 11 is 0. The van der Waals surface area contributed by atoms with Crippen molar-refractivity contribution in [1.29, 1.82) is 0 Å². The van der Waals surface area contributed by atoms with Crippen molar-refractivity contribution in [3.05, 3.63) is 36.4 Å². The number of hydrogen-bond acceptors (Lipinski definition) is 3. The van der Waals surface area contributed by atoms with Gasteiger partial charge in [-0.1, -0.05) is 6.07 Å². The van der Waals surface area contributed by atoms with Gasteiger partial charge in [0.25, 0.3) is 0 Å². The molecule has 1 saturated carbocycles. The Morgan fingerprint density at radius 2 is 2.00 bits per heavy atom. The topological polar surface area (TPSA) is 58.6 Å². The Hall–Kier alpha value is -1.97. The molecule has 0 bridgehead atoms. The summed E-state index contributed by atoms with van der Waals surface area (Å²) in [6.07, 6.45) is 6.79. The third-order valence-electron chi connectivity index (χ3n) is 3.47. The number of carbonyl (C=O) groups excluding carboxylic acids is 1. The predicted molar refractivity (Wildman–Crippen MR) is 68.0 cm³/mol. The van der Waals surface area contributed by atoms with E-state index in [-0.39, 0.29) is 0 Å². The summed E-state index contributed by atoms with van der Waals surface area (Å²) in [6, 6.07) is 5.82. The molecule has 2 heterocycles. The van der Waals surface area contributed by atoms with E-state index in [9.17, 15) is 4.79 Å². The van der Waals surface area contributed by atoms with E-state index in [0.29, 0.717) is 24.5 Å². The lowest BCUT2D eigenvalue weighted by Crippen LogP contribution is -2.13. The third kappa shape index (κ3) is 2.18. The standard InChI is InChI=1S/C14H15N3O/c18-11-6-4-10(5-7-11)14-16-9-13(17-14)12-3-1-2-8-15-12/h1-3,8-10H,4-7H2,(H,16,17). The van der Waals surface area contributed by atoms with E-state index in [2.05, 4.69) is 15.0 Å². The summed E-state index contributed by atoms with van der Waals surface area (Å²) < 4.78 is 0. The number of hydrogen-bond donors (Lipinski definition) is 1. The molecule has 2 aromatic rings. The minimum Gasteiger partial charge on any atom is -0.341 e. The van der Waals surface area contributed by atoms with Gasteiger partial charge in [0.15, 0.2) is 0 Å². The van der Waals surface area contributed by atoms with Gasteiger partial charge in [0.05, 0.1) is 17.6 Å². The summed E-state index contributed by atoms with van der Waals surface area (Å²) in [5, 5.41) is 0. The average molecular weight is 241 g/mol. The largest absolute Gasteiger partial charge is 0.341 e. The highest BCUT2D eigenvalue weighted by Crippen LogP contribution is 2.30. The van der Waals surface area contributed by atoms with E-state index in [1.54, 1.807) is 6.20 Å². The number of carbonyl (C=O) groups is 1. The third-order valence-corrected chi connectivity index (χ3v) is 3.47. The maximum atomic E-state index is 11.2. The molecule has 1 aliphatic carbocycles. The van der Waals surface area contributed by atoms with Gasteiger partial charge in [-0.2, -0.15) is 0 Å². The van der Waals surface area contributed by atoms with Gasteiger partial charge >= 0.3 is 0 Å². The SMILES string of the molecule is O=C1CCC(c2ncc(-c3ccccn3)[nH]2)CC1. The second kappa shape index (κ2) is 4.72. The van der Waals surface area contributed by atoms with Gasteiger partial charge in [-0.3, -0.25) is 9.78 Å². The molecular weight excluding hydrogens is 226 g/mol. The van der Waals surface area contributed by atoms with Crippen LogP contribution in [0.15, 0.2) is 30.6 Å². The average Bonchev–Trinajstić information content (AvgIpc) is 2.90. The summed E-state index contributed by atoms with van der Waals surface area (Å²) in [6.45, 7) is 0. The molecule has 4 heteroatoms. The maximum Gasteiger partial charge on any atom is 0.132 e. The molecule has 0 aromatic carbocycles. The monoisotopic (exact) mass is 241 g/mol. The second-order valence-corrected chi connectivity index (χ2v) is 4.71. The highest BCUT2D eigenvalue weighted by Gasteiger charge is 2.22. The molecule has 92 valence electrons. The smallest absolute Gasteiger partial charge is 0.132 e. The number of aromatic nitrogens is 3. The molecule has 0 amide bonds. The van der Waals surface area contributed by atoms with Crippen LogP contribution in [0.25, 0.3) is 11.4 Å². The lowest BCUT2D eigenvalue weighted by Gasteiger charge is -2.18. The van der Waals surface area contributed by atoms with Crippen LogP contribution in [0.2, 0.25) is 0 Å². The fourth-order valence-electron chi connectivity index (χ4n) is 2.41. The minimum absolute atomic E-state index is 0.378. The van der Waals surface area contributed by atoms with Gasteiger partial charge < -0.3 is 4.98 Å². The number of nitrogens with zero attached hydrogens (tertiary/aromatic N) is 2. The Labute approximate surface area is 105 Å². The van der Waals surface area contributed by atoms with Crippen molar-refractivity contribution < 1.29 is 4.79 Å². The molecule has 0 unspecified atom stereocenters. The van der Waals surface area contributed by atoms with Crippen molar-refractivity contribution in [3.8, 4) is 11.4 Å². The lowest BCUT2D eigenvalue weighted by molar-refractivity contribution is -0.120. The van der Waals surface area contributed by atoms with E-state index in [0.717, 1.165) is 30.1 Å². The Morgan fingerprint density at radius 3 is 2.72 bits per heavy atom. The number of aromatic amines is 1. The van der Waals surface area contributed by atoms with Crippen molar-refractivity contribution in [3.63, 3.8) is 0 Å². The van der Waals surface area contributed by atoms with E-state index < -0.39 is 0 Å². The van der Waals surface area contributed by atoms with Crippen LogP contribution in [0.1, 0.15) is 37.4 Å². The minimum atomic E-state index is 0.378. The normalized spacial score (nSPS) is 17.0. The van der Waals surface area contributed by atoms with Crippen molar-refractivity contribution in [2.75, 3.05) is 0 Å². The molecule has 0 atom stereocenters. The first-order chi connectivity index (χ1) is 8.83. The number of Topliss-reactive ketones (excluding diaryl/α,β-unsaturated/α-hetero) is 1. The summed E-state index contributed by atoms with van der Waals surface area (Å²) in [5.74, 6) is 1.76. The molecule has 1 aliphatic rings. The molecule has 18 heavy (non-hydrogen) atoms. The van der Waals surface area contributed by atoms with E-state index in [1.165, 1.54) is 0 Å². The van der Waals surface area contributed by atoms with Crippen molar-refractivity contribution in [2.45, 2.75) is 31.6 Å². The first-order valence-corrected chi connectivity index (χ1v) is 6.31. The summed E-state index contributed by atoms with van der Waals surface area (Å²) in [4.78, 5) is 23.3. The van der Waals surface area contributed by atoms with Crippen LogP contribution in [-0.4, -0.2) is 20.7 Å². The maximum absolute atomic E-state index is 11.2. The van der Waals surface area contributed by atoms with E-state index in [1.807, 2.05) is 24.4 Å². The summed E-state index contributed by atoms with van der Waals surface area (Å²) in [7, 11) is 0. The molecule has 1 N–H and O–H groups in total. The second-order valence-electron chi connectivity index (χ2n) is 4.71. The first kappa shape index (κ1) is 11.1. The molecule has 1 fully saturated rings. The number of imidazole rings is 1. The Morgan fingerprint density at radius 1 is 1.17 bits per heavy atom. The number of ketones is 1.